The van der Waals surface area contributed by atoms with Gasteiger partial charge in [-0.25, -0.2) is 4.79 Å². The number of halogens is 1. The molecule has 0 unspecified atom stereocenters. The van der Waals surface area contributed by atoms with Crippen LogP contribution in [0.3, 0.4) is 0 Å². The van der Waals surface area contributed by atoms with Crippen LogP contribution in [0.5, 0.6) is 5.75 Å². The summed E-state index contributed by atoms with van der Waals surface area (Å²) < 4.78 is 10.2. The monoisotopic (exact) mass is 351 g/mol. The molecular weight excluding hydrogens is 334 g/mol. The zero-order valence-corrected chi connectivity index (χ0v) is 14.0. The molecule has 0 aliphatic heterocycles. The summed E-state index contributed by atoms with van der Waals surface area (Å²) in [6, 6.07) is 4.61. The topological polar surface area (TPSA) is 80.0 Å². The molecule has 1 N–H and O–H groups in total. The smallest absolute Gasteiger partial charge is 0.336 e. The summed E-state index contributed by atoms with van der Waals surface area (Å²) >= 11 is 5.98. The average Bonchev–Trinajstić information content (AvgIpc) is 3.33. The maximum absolute atomic E-state index is 11.8. The Labute approximate surface area is 143 Å². The number of ether oxygens (including phenoxy) is 1. The van der Waals surface area contributed by atoms with Gasteiger partial charge in [-0.2, -0.15) is 0 Å². The molecule has 0 atom stereocenters. The molecule has 1 aromatic carbocycles. The lowest BCUT2D eigenvalue weighted by Crippen LogP contribution is -2.32. The molecule has 1 heterocycles. The Morgan fingerprint density at radius 2 is 2.17 bits per heavy atom. The van der Waals surface area contributed by atoms with E-state index in [9.17, 15) is 14.7 Å². The molecule has 1 fully saturated rings. The van der Waals surface area contributed by atoms with Gasteiger partial charge in [0, 0.05) is 30.1 Å². The van der Waals surface area contributed by atoms with Crippen LogP contribution in [0.15, 0.2) is 27.4 Å². The van der Waals surface area contributed by atoms with Gasteiger partial charge in [-0.05, 0) is 31.4 Å². The molecule has 1 aromatic heterocycles. The standard InChI is InChI=1S/C17H18ClNO5/c1-2-23-17(22)9-19(11-3-4-11)8-10-5-16(21)24-15-7-14(20)13(18)6-12(10)15/h5-7,11,20H,2-4,8-9H2,1H3. The van der Waals surface area contributed by atoms with Crippen molar-refractivity contribution < 1.29 is 19.1 Å². The zero-order chi connectivity index (χ0) is 17.3. The summed E-state index contributed by atoms with van der Waals surface area (Å²) in [5, 5.41) is 10.5. The highest BCUT2D eigenvalue weighted by atomic mass is 35.5. The van der Waals surface area contributed by atoms with Gasteiger partial charge in [-0.15, -0.1) is 0 Å². The van der Waals surface area contributed by atoms with Gasteiger partial charge in [-0.1, -0.05) is 11.6 Å². The lowest BCUT2D eigenvalue weighted by atomic mass is 10.1. The molecule has 6 nitrogen and oxygen atoms in total. The van der Waals surface area contributed by atoms with Crippen LogP contribution in [-0.2, 0) is 16.1 Å². The number of hydrogen-bond donors (Lipinski definition) is 1. The van der Waals surface area contributed by atoms with E-state index in [2.05, 4.69) is 0 Å². The number of phenolic OH excluding ortho intramolecular Hbond substituents is 1. The largest absolute Gasteiger partial charge is 0.506 e. The highest BCUT2D eigenvalue weighted by molar-refractivity contribution is 6.32. The number of carbonyl (C=O) groups is 1. The number of nitrogens with zero attached hydrogens (tertiary/aromatic N) is 1. The third-order valence-corrected chi connectivity index (χ3v) is 4.27. The van der Waals surface area contributed by atoms with E-state index in [1.807, 2.05) is 4.90 Å². The number of benzene rings is 1. The molecule has 0 bridgehead atoms. The van der Waals surface area contributed by atoms with Crippen LogP contribution in [-0.4, -0.2) is 35.2 Å². The summed E-state index contributed by atoms with van der Waals surface area (Å²) in [5.74, 6) is -0.428. The molecule has 1 aliphatic carbocycles. The summed E-state index contributed by atoms with van der Waals surface area (Å²) in [5.41, 5.74) is 0.469. The second-order valence-corrected chi connectivity index (χ2v) is 6.24. The fourth-order valence-electron chi connectivity index (χ4n) is 2.71. The molecule has 0 radical (unpaired) electrons. The Morgan fingerprint density at radius 1 is 1.42 bits per heavy atom. The van der Waals surface area contributed by atoms with E-state index in [1.165, 1.54) is 12.1 Å². The number of carbonyl (C=O) groups excluding carboxylic acids is 1. The van der Waals surface area contributed by atoms with Crippen molar-refractivity contribution in [1.82, 2.24) is 4.90 Å². The number of rotatable bonds is 6. The summed E-state index contributed by atoms with van der Waals surface area (Å²) in [7, 11) is 0. The molecule has 0 amide bonds. The maximum atomic E-state index is 11.8. The first kappa shape index (κ1) is 16.8. The highest BCUT2D eigenvalue weighted by Crippen LogP contribution is 2.32. The minimum Gasteiger partial charge on any atom is -0.506 e. The van der Waals surface area contributed by atoms with Crippen molar-refractivity contribution in [2.75, 3.05) is 13.2 Å². The lowest BCUT2D eigenvalue weighted by molar-refractivity contribution is -0.144. The van der Waals surface area contributed by atoms with Crippen LogP contribution < -0.4 is 5.63 Å². The van der Waals surface area contributed by atoms with E-state index in [1.54, 1.807) is 13.0 Å². The minimum atomic E-state index is -0.508. The quantitative estimate of drug-likeness (QED) is 0.636. The Kier molecular flexibility index (Phi) is 4.78. The normalized spacial score (nSPS) is 14.3. The van der Waals surface area contributed by atoms with E-state index in [0.29, 0.717) is 30.1 Å². The Hall–Kier alpha value is -2.05. The van der Waals surface area contributed by atoms with Crippen LogP contribution in [0.2, 0.25) is 5.02 Å². The Bertz CT molecular complexity index is 828. The maximum Gasteiger partial charge on any atom is 0.336 e. The van der Waals surface area contributed by atoms with Crippen LogP contribution in [0.4, 0.5) is 0 Å². The van der Waals surface area contributed by atoms with Crippen molar-refractivity contribution >= 4 is 28.5 Å². The molecule has 128 valence electrons. The number of fused-ring (bicyclic) bond motifs is 1. The van der Waals surface area contributed by atoms with Crippen molar-refractivity contribution in [2.24, 2.45) is 0 Å². The first-order valence-electron chi connectivity index (χ1n) is 7.83. The SMILES string of the molecule is CCOC(=O)CN(Cc1cc(=O)oc2cc(O)c(Cl)cc12)C1CC1. The van der Waals surface area contributed by atoms with Crippen molar-refractivity contribution in [3.63, 3.8) is 0 Å². The molecule has 24 heavy (non-hydrogen) atoms. The van der Waals surface area contributed by atoms with Gasteiger partial charge in [0.2, 0.25) is 0 Å². The van der Waals surface area contributed by atoms with Gasteiger partial charge in [0.25, 0.3) is 0 Å². The first-order chi connectivity index (χ1) is 11.5. The fourth-order valence-corrected chi connectivity index (χ4v) is 2.88. The van der Waals surface area contributed by atoms with Crippen molar-refractivity contribution in [2.45, 2.75) is 32.4 Å². The molecular formula is C17H18ClNO5. The summed E-state index contributed by atoms with van der Waals surface area (Å²) in [4.78, 5) is 25.6. The molecule has 0 spiro atoms. The van der Waals surface area contributed by atoms with Crippen LogP contribution in [0.1, 0.15) is 25.3 Å². The fraction of sp³-hybridized carbons (Fsp3) is 0.412. The number of aromatic hydroxyl groups is 1. The van der Waals surface area contributed by atoms with Gasteiger partial charge in [-0.3, -0.25) is 9.69 Å². The van der Waals surface area contributed by atoms with Crippen molar-refractivity contribution in [1.29, 1.82) is 0 Å². The van der Waals surface area contributed by atoms with Crippen LogP contribution >= 0.6 is 11.6 Å². The molecule has 0 saturated heterocycles. The molecule has 1 saturated carbocycles. The van der Waals surface area contributed by atoms with Crippen LogP contribution in [0.25, 0.3) is 11.0 Å². The van der Waals surface area contributed by atoms with E-state index < -0.39 is 5.63 Å². The summed E-state index contributed by atoms with van der Waals surface area (Å²) in [6.07, 6.45) is 2.03. The number of phenols is 1. The van der Waals surface area contributed by atoms with E-state index in [0.717, 1.165) is 12.8 Å². The van der Waals surface area contributed by atoms with E-state index >= 15 is 0 Å². The minimum absolute atomic E-state index is 0.143. The molecule has 1 aliphatic rings. The predicted octanol–water partition coefficient (Wildman–Crippen LogP) is 2.68. The average molecular weight is 352 g/mol. The van der Waals surface area contributed by atoms with Crippen molar-refractivity contribution in [3.05, 3.63) is 39.2 Å². The third kappa shape index (κ3) is 3.71. The summed E-state index contributed by atoms with van der Waals surface area (Å²) in [6.45, 7) is 2.69. The second-order valence-electron chi connectivity index (χ2n) is 5.83. The van der Waals surface area contributed by atoms with Crippen LogP contribution in [0, 0.1) is 0 Å². The van der Waals surface area contributed by atoms with E-state index in [4.69, 9.17) is 20.8 Å². The Morgan fingerprint density at radius 3 is 2.83 bits per heavy atom. The second kappa shape index (κ2) is 6.83. The van der Waals surface area contributed by atoms with Gasteiger partial charge >= 0.3 is 11.6 Å². The molecule has 7 heteroatoms. The number of esters is 1. The zero-order valence-electron chi connectivity index (χ0n) is 13.3. The highest BCUT2D eigenvalue weighted by Gasteiger charge is 2.31. The predicted molar refractivity (Wildman–Crippen MR) is 89.2 cm³/mol. The lowest BCUT2D eigenvalue weighted by Gasteiger charge is -2.21. The molecule has 3 rings (SSSR count). The van der Waals surface area contributed by atoms with Gasteiger partial charge in [0.1, 0.15) is 11.3 Å². The number of hydrogen-bond acceptors (Lipinski definition) is 6. The molecule has 2 aromatic rings. The van der Waals surface area contributed by atoms with E-state index in [-0.39, 0.29) is 28.9 Å². The van der Waals surface area contributed by atoms with Crippen molar-refractivity contribution in [3.8, 4) is 5.75 Å². The first-order valence-corrected chi connectivity index (χ1v) is 8.20. The van der Waals surface area contributed by atoms with Gasteiger partial charge in [0.05, 0.1) is 18.2 Å². The van der Waals surface area contributed by atoms with Gasteiger partial charge < -0.3 is 14.3 Å². The third-order valence-electron chi connectivity index (χ3n) is 3.97. The van der Waals surface area contributed by atoms with Gasteiger partial charge in [0.15, 0.2) is 0 Å². The Balaban J connectivity index is 1.93.